The van der Waals surface area contributed by atoms with Gasteiger partial charge in [0.25, 0.3) is 5.91 Å². The SMILES string of the molecule is CC1CN(C2=NCCCN2)CCN1c1ccc(C(=O)NC[C@H](NC(=O)OCc2ccccc2)C(=O)O)cc1. The lowest BCUT2D eigenvalue weighted by Gasteiger charge is -2.43. The Labute approximate surface area is 221 Å². The zero-order valence-corrected chi connectivity index (χ0v) is 21.4. The van der Waals surface area contributed by atoms with E-state index < -0.39 is 24.0 Å². The Morgan fingerprint density at radius 2 is 1.89 bits per heavy atom. The van der Waals surface area contributed by atoms with Gasteiger partial charge in [0.2, 0.25) is 0 Å². The topological polar surface area (TPSA) is 136 Å². The number of carbonyl (C=O) groups excluding carboxylic acids is 2. The van der Waals surface area contributed by atoms with Gasteiger partial charge in [0.15, 0.2) is 5.96 Å². The number of guanidine groups is 1. The molecule has 11 heteroatoms. The van der Waals surface area contributed by atoms with E-state index in [1.165, 1.54) is 0 Å². The number of nitrogens with zero attached hydrogens (tertiary/aromatic N) is 3. The van der Waals surface area contributed by atoms with Crippen LogP contribution in [0.3, 0.4) is 0 Å². The Morgan fingerprint density at radius 3 is 2.55 bits per heavy atom. The number of alkyl carbamates (subject to hydrolysis) is 1. The number of hydrogen-bond acceptors (Lipinski definition) is 8. The van der Waals surface area contributed by atoms with Crippen molar-refractivity contribution in [2.24, 2.45) is 4.99 Å². The zero-order chi connectivity index (χ0) is 26.9. The van der Waals surface area contributed by atoms with E-state index >= 15 is 0 Å². The van der Waals surface area contributed by atoms with E-state index in [1.807, 2.05) is 30.3 Å². The van der Waals surface area contributed by atoms with Crippen LogP contribution >= 0.6 is 0 Å². The molecule has 1 fully saturated rings. The summed E-state index contributed by atoms with van der Waals surface area (Å²) in [6.07, 6.45) is 0.189. The van der Waals surface area contributed by atoms with Gasteiger partial charge in [-0.15, -0.1) is 0 Å². The normalized spacial score (nSPS) is 18.0. The van der Waals surface area contributed by atoms with E-state index in [0.29, 0.717) is 5.56 Å². The highest BCUT2D eigenvalue weighted by Crippen LogP contribution is 2.21. The molecular weight excluding hydrogens is 488 g/mol. The van der Waals surface area contributed by atoms with Crippen LogP contribution in [0.25, 0.3) is 0 Å². The molecule has 4 rings (SSSR count). The molecular formula is C27H34N6O5. The number of aliphatic carboxylic acids is 1. The average Bonchev–Trinajstić information content (AvgIpc) is 2.95. The summed E-state index contributed by atoms with van der Waals surface area (Å²) >= 11 is 0. The van der Waals surface area contributed by atoms with Crippen molar-refractivity contribution in [1.82, 2.24) is 20.9 Å². The minimum Gasteiger partial charge on any atom is -0.480 e. The van der Waals surface area contributed by atoms with Crippen LogP contribution in [0, 0.1) is 0 Å². The van der Waals surface area contributed by atoms with E-state index in [0.717, 1.165) is 56.4 Å². The molecule has 1 saturated heterocycles. The van der Waals surface area contributed by atoms with Crippen molar-refractivity contribution in [2.45, 2.75) is 32.0 Å². The van der Waals surface area contributed by atoms with Gasteiger partial charge in [-0.2, -0.15) is 0 Å². The molecule has 1 unspecified atom stereocenters. The first kappa shape index (κ1) is 26.8. The summed E-state index contributed by atoms with van der Waals surface area (Å²) in [7, 11) is 0. The number of amides is 2. The number of carbonyl (C=O) groups is 3. The minimum absolute atomic E-state index is 0.0109. The lowest BCUT2D eigenvalue weighted by molar-refractivity contribution is -0.139. The maximum Gasteiger partial charge on any atom is 0.408 e. The second-order valence-corrected chi connectivity index (χ2v) is 9.33. The molecule has 2 aliphatic rings. The summed E-state index contributed by atoms with van der Waals surface area (Å²) in [5.74, 6) is -0.727. The van der Waals surface area contributed by atoms with Crippen LogP contribution < -0.4 is 20.9 Å². The number of carboxylic acid groups (broad SMARTS) is 1. The summed E-state index contributed by atoms with van der Waals surface area (Å²) in [5, 5.41) is 17.7. The second kappa shape index (κ2) is 12.8. The molecule has 0 aliphatic carbocycles. The maximum absolute atomic E-state index is 12.6. The quantitative estimate of drug-likeness (QED) is 0.411. The van der Waals surface area contributed by atoms with Crippen molar-refractivity contribution in [3.63, 3.8) is 0 Å². The average molecular weight is 523 g/mol. The third-order valence-corrected chi connectivity index (χ3v) is 6.54. The number of hydrogen-bond donors (Lipinski definition) is 4. The third-order valence-electron chi connectivity index (χ3n) is 6.54. The smallest absolute Gasteiger partial charge is 0.408 e. The van der Waals surface area contributed by atoms with E-state index in [-0.39, 0.29) is 19.2 Å². The molecule has 0 saturated carbocycles. The van der Waals surface area contributed by atoms with Gasteiger partial charge in [-0.05, 0) is 43.2 Å². The Morgan fingerprint density at radius 1 is 1.13 bits per heavy atom. The van der Waals surface area contributed by atoms with Crippen molar-refractivity contribution < 1.29 is 24.2 Å². The number of nitrogens with one attached hydrogen (secondary N) is 3. The summed E-state index contributed by atoms with van der Waals surface area (Å²) < 4.78 is 5.08. The molecule has 2 atom stereocenters. The number of carboxylic acids is 1. The summed E-state index contributed by atoms with van der Waals surface area (Å²) in [4.78, 5) is 45.5. The Hall–Kier alpha value is -4.28. The van der Waals surface area contributed by atoms with Crippen molar-refractivity contribution in [3.05, 3.63) is 65.7 Å². The molecule has 11 nitrogen and oxygen atoms in total. The van der Waals surface area contributed by atoms with Gasteiger partial charge in [-0.3, -0.25) is 9.79 Å². The van der Waals surface area contributed by atoms with Crippen LogP contribution in [-0.4, -0.2) is 85.3 Å². The molecule has 202 valence electrons. The van der Waals surface area contributed by atoms with Gasteiger partial charge in [-0.25, -0.2) is 9.59 Å². The molecule has 2 amide bonds. The fourth-order valence-electron chi connectivity index (χ4n) is 4.47. The molecule has 0 aromatic heterocycles. The summed E-state index contributed by atoms with van der Waals surface area (Å²) in [6, 6.07) is 15.2. The standard InChI is InChI=1S/C27H34N6O5/c1-19-17-32(26-28-12-5-13-29-26)14-15-33(19)22-10-8-21(9-11-22)24(34)30-16-23(25(35)36)31-27(37)38-18-20-6-3-2-4-7-20/h2-4,6-11,19,23H,5,12-18H2,1H3,(H,28,29)(H,30,34)(H,31,37)(H,35,36)/t19?,23-/m0/s1. The molecule has 2 heterocycles. The largest absolute Gasteiger partial charge is 0.480 e. The Balaban J connectivity index is 1.26. The first-order valence-electron chi connectivity index (χ1n) is 12.8. The third kappa shape index (κ3) is 7.15. The van der Waals surface area contributed by atoms with E-state index in [1.54, 1.807) is 24.3 Å². The van der Waals surface area contributed by atoms with Crippen LogP contribution in [0.1, 0.15) is 29.3 Å². The maximum atomic E-state index is 12.6. The van der Waals surface area contributed by atoms with Gasteiger partial charge >= 0.3 is 12.1 Å². The molecule has 2 aromatic carbocycles. The van der Waals surface area contributed by atoms with Crippen LogP contribution in [-0.2, 0) is 16.1 Å². The zero-order valence-electron chi connectivity index (χ0n) is 21.4. The first-order chi connectivity index (χ1) is 18.4. The Kier molecular flexibility index (Phi) is 9.02. The number of anilines is 1. The van der Waals surface area contributed by atoms with Crippen molar-refractivity contribution >= 4 is 29.6 Å². The number of rotatable bonds is 8. The lowest BCUT2D eigenvalue weighted by Crippen LogP contribution is -2.57. The van der Waals surface area contributed by atoms with E-state index in [4.69, 9.17) is 4.74 Å². The van der Waals surface area contributed by atoms with Gasteiger partial charge in [0, 0.05) is 56.6 Å². The highest BCUT2D eigenvalue weighted by molar-refractivity contribution is 5.95. The molecule has 0 bridgehead atoms. The highest BCUT2D eigenvalue weighted by atomic mass is 16.5. The van der Waals surface area contributed by atoms with Crippen LogP contribution in [0.2, 0.25) is 0 Å². The predicted octanol–water partition coefficient (Wildman–Crippen LogP) is 1.66. The van der Waals surface area contributed by atoms with E-state index in [2.05, 4.69) is 37.7 Å². The number of ether oxygens (including phenoxy) is 1. The molecule has 2 aromatic rings. The van der Waals surface area contributed by atoms with Gasteiger partial charge < -0.3 is 35.6 Å². The van der Waals surface area contributed by atoms with E-state index in [9.17, 15) is 19.5 Å². The summed E-state index contributed by atoms with van der Waals surface area (Å²) in [5.41, 5.74) is 2.19. The van der Waals surface area contributed by atoms with Crippen LogP contribution in [0.5, 0.6) is 0 Å². The number of piperazine rings is 1. The lowest BCUT2D eigenvalue weighted by atomic mass is 10.1. The Bertz CT molecular complexity index is 1140. The van der Waals surface area contributed by atoms with Gasteiger partial charge in [0.1, 0.15) is 12.6 Å². The minimum atomic E-state index is -1.33. The molecule has 38 heavy (non-hydrogen) atoms. The van der Waals surface area contributed by atoms with Gasteiger partial charge in [-0.1, -0.05) is 30.3 Å². The number of benzene rings is 2. The molecule has 4 N–H and O–H groups in total. The predicted molar refractivity (Wildman–Crippen MR) is 143 cm³/mol. The fourth-order valence-corrected chi connectivity index (χ4v) is 4.47. The summed E-state index contributed by atoms with van der Waals surface area (Å²) in [6.45, 7) is 6.26. The second-order valence-electron chi connectivity index (χ2n) is 9.33. The molecule has 0 radical (unpaired) electrons. The number of aliphatic imine (C=N–C) groups is 1. The highest BCUT2D eigenvalue weighted by Gasteiger charge is 2.27. The first-order valence-corrected chi connectivity index (χ1v) is 12.8. The van der Waals surface area contributed by atoms with Crippen LogP contribution in [0.4, 0.5) is 10.5 Å². The van der Waals surface area contributed by atoms with Crippen molar-refractivity contribution in [1.29, 1.82) is 0 Å². The van der Waals surface area contributed by atoms with Crippen molar-refractivity contribution in [2.75, 3.05) is 44.2 Å². The van der Waals surface area contributed by atoms with Crippen LogP contribution in [0.15, 0.2) is 59.6 Å². The molecule has 0 spiro atoms. The fraction of sp³-hybridized carbons (Fsp3) is 0.407. The monoisotopic (exact) mass is 522 g/mol. The van der Waals surface area contributed by atoms with Gasteiger partial charge in [0.05, 0.1) is 0 Å². The van der Waals surface area contributed by atoms with Crippen molar-refractivity contribution in [3.8, 4) is 0 Å². The molecule has 2 aliphatic heterocycles.